The van der Waals surface area contributed by atoms with E-state index in [1.807, 2.05) is 0 Å². The molecule has 1 fully saturated rings. The number of carbonyl (C=O) groups excluding carboxylic acids is 2. The quantitative estimate of drug-likeness (QED) is 0.483. The van der Waals surface area contributed by atoms with Gasteiger partial charge in [-0.1, -0.05) is 0 Å². The lowest BCUT2D eigenvalue weighted by Crippen LogP contribution is -2.38. The van der Waals surface area contributed by atoms with Gasteiger partial charge in [-0.05, 0) is 0 Å². The maximum absolute atomic E-state index is 11.1. The fourth-order valence-electron chi connectivity index (χ4n) is 1.35. The van der Waals surface area contributed by atoms with Crippen LogP contribution in [0, 0.1) is 0 Å². The zero-order valence-corrected chi connectivity index (χ0v) is 9.89. The standard InChI is InChI=1S/C11H17NO5/c1-15-10(13)2-3-11(14)17-9-6-12-4-7-16-8-5-12/h2-3H,4-9H2,1H3. The monoisotopic (exact) mass is 243 g/mol. The van der Waals surface area contributed by atoms with Crippen LogP contribution in [0.25, 0.3) is 0 Å². The molecule has 6 heteroatoms. The first-order valence-electron chi connectivity index (χ1n) is 5.45. The topological polar surface area (TPSA) is 65.1 Å². The highest BCUT2D eigenvalue weighted by atomic mass is 16.5. The SMILES string of the molecule is COC(=O)C=CC(=O)OCCN1CCOCC1. The Morgan fingerprint density at radius 2 is 1.88 bits per heavy atom. The van der Waals surface area contributed by atoms with E-state index in [9.17, 15) is 9.59 Å². The molecule has 0 aromatic rings. The number of esters is 2. The van der Waals surface area contributed by atoms with Crippen molar-refractivity contribution in [1.82, 2.24) is 4.90 Å². The Kier molecular flexibility index (Phi) is 6.27. The zero-order chi connectivity index (χ0) is 12.5. The molecule has 1 heterocycles. The normalized spacial score (nSPS) is 17.0. The summed E-state index contributed by atoms with van der Waals surface area (Å²) in [4.78, 5) is 24.0. The van der Waals surface area contributed by atoms with Crippen molar-refractivity contribution in [3.63, 3.8) is 0 Å². The summed E-state index contributed by atoms with van der Waals surface area (Å²) in [7, 11) is 1.25. The zero-order valence-electron chi connectivity index (χ0n) is 9.89. The summed E-state index contributed by atoms with van der Waals surface area (Å²) >= 11 is 0. The molecule has 0 bridgehead atoms. The molecule has 0 amide bonds. The van der Waals surface area contributed by atoms with Gasteiger partial charge in [0.05, 0.1) is 20.3 Å². The van der Waals surface area contributed by atoms with E-state index in [1.165, 1.54) is 7.11 Å². The smallest absolute Gasteiger partial charge is 0.331 e. The van der Waals surface area contributed by atoms with Gasteiger partial charge in [0.1, 0.15) is 6.61 Å². The van der Waals surface area contributed by atoms with E-state index >= 15 is 0 Å². The van der Waals surface area contributed by atoms with Crippen LogP contribution in [0.3, 0.4) is 0 Å². The molecule has 0 aromatic heterocycles. The molecule has 0 unspecified atom stereocenters. The van der Waals surface area contributed by atoms with Crippen molar-refractivity contribution in [2.75, 3.05) is 46.6 Å². The van der Waals surface area contributed by atoms with E-state index in [-0.39, 0.29) is 0 Å². The van der Waals surface area contributed by atoms with Crippen LogP contribution in [-0.2, 0) is 23.8 Å². The van der Waals surface area contributed by atoms with Crippen molar-refractivity contribution in [3.05, 3.63) is 12.2 Å². The molecule has 1 saturated heterocycles. The molecule has 0 aliphatic carbocycles. The molecular formula is C11H17NO5. The summed E-state index contributed by atoms with van der Waals surface area (Å²) in [5.41, 5.74) is 0. The molecule has 1 rings (SSSR count). The lowest BCUT2D eigenvalue weighted by atomic mass is 10.4. The molecule has 0 saturated carbocycles. The Balaban J connectivity index is 2.11. The van der Waals surface area contributed by atoms with Crippen LogP contribution in [-0.4, -0.2) is 63.4 Å². The van der Waals surface area contributed by atoms with Crippen LogP contribution >= 0.6 is 0 Å². The van der Waals surface area contributed by atoms with Crippen LogP contribution in [0.4, 0.5) is 0 Å². The largest absolute Gasteiger partial charge is 0.466 e. The second kappa shape index (κ2) is 7.81. The molecule has 0 N–H and O–H groups in total. The van der Waals surface area contributed by atoms with Gasteiger partial charge >= 0.3 is 11.9 Å². The molecule has 96 valence electrons. The summed E-state index contributed by atoms with van der Waals surface area (Å²) in [6.45, 7) is 4.14. The second-order valence-corrected chi connectivity index (χ2v) is 3.48. The fraction of sp³-hybridized carbons (Fsp3) is 0.636. The van der Waals surface area contributed by atoms with Gasteiger partial charge in [-0.25, -0.2) is 9.59 Å². The first-order valence-corrected chi connectivity index (χ1v) is 5.45. The highest BCUT2D eigenvalue weighted by Gasteiger charge is 2.10. The summed E-state index contributed by atoms with van der Waals surface area (Å²) in [6.07, 6.45) is 2.10. The number of rotatable bonds is 5. The number of nitrogens with zero attached hydrogens (tertiary/aromatic N) is 1. The van der Waals surface area contributed by atoms with Gasteiger partial charge in [-0.3, -0.25) is 4.90 Å². The van der Waals surface area contributed by atoms with Gasteiger partial charge in [-0.15, -0.1) is 0 Å². The minimum atomic E-state index is -0.574. The highest BCUT2D eigenvalue weighted by Crippen LogP contribution is 1.96. The summed E-state index contributed by atoms with van der Waals surface area (Å²) < 4.78 is 14.5. The summed E-state index contributed by atoms with van der Waals surface area (Å²) in [5.74, 6) is -1.11. The van der Waals surface area contributed by atoms with Crippen LogP contribution in [0.5, 0.6) is 0 Å². The number of hydrogen-bond donors (Lipinski definition) is 0. The third-order valence-electron chi connectivity index (χ3n) is 2.31. The maximum Gasteiger partial charge on any atom is 0.331 e. The Bertz CT molecular complexity index is 284. The molecule has 1 aliphatic heterocycles. The average molecular weight is 243 g/mol. The molecule has 17 heavy (non-hydrogen) atoms. The van der Waals surface area contributed by atoms with E-state index in [4.69, 9.17) is 9.47 Å². The van der Waals surface area contributed by atoms with Crippen molar-refractivity contribution in [2.45, 2.75) is 0 Å². The van der Waals surface area contributed by atoms with Crippen molar-refractivity contribution < 1.29 is 23.8 Å². The molecule has 0 atom stereocenters. The number of carbonyl (C=O) groups is 2. The van der Waals surface area contributed by atoms with E-state index in [1.54, 1.807) is 0 Å². The van der Waals surface area contributed by atoms with Gasteiger partial charge in [0.25, 0.3) is 0 Å². The first-order chi connectivity index (χ1) is 8.22. The van der Waals surface area contributed by atoms with Crippen molar-refractivity contribution in [3.8, 4) is 0 Å². The number of hydrogen-bond acceptors (Lipinski definition) is 6. The summed E-state index contributed by atoms with van der Waals surface area (Å²) in [6, 6.07) is 0. The minimum Gasteiger partial charge on any atom is -0.466 e. The molecule has 0 aromatic carbocycles. The van der Waals surface area contributed by atoms with Crippen LogP contribution in [0.1, 0.15) is 0 Å². The number of morpholine rings is 1. The van der Waals surface area contributed by atoms with Gasteiger partial charge < -0.3 is 14.2 Å². The van der Waals surface area contributed by atoms with Crippen molar-refractivity contribution >= 4 is 11.9 Å². The summed E-state index contributed by atoms with van der Waals surface area (Å²) in [5, 5.41) is 0. The van der Waals surface area contributed by atoms with E-state index < -0.39 is 11.9 Å². The Labute approximate surface area is 100 Å². The molecule has 6 nitrogen and oxygen atoms in total. The van der Waals surface area contributed by atoms with E-state index in [0.717, 1.165) is 38.5 Å². The second-order valence-electron chi connectivity index (χ2n) is 3.48. The number of ether oxygens (including phenoxy) is 3. The van der Waals surface area contributed by atoms with Crippen molar-refractivity contribution in [2.24, 2.45) is 0 Å². The Hall–Kier alpha value is -1.40. The molecular weight excluding hydrogens is 226 g/mol. The van der Waals surface area contributed by atoms with Gasteiger partial charge in [-0.2, -0.15) is 0 Å². The van der Waals surface area contributed by atoms with Gasteiger partial charge in [0.15, 0.2) is 0 Å². The van der Waals surface area contributed by atoms with Crippen LogP contribution in [0.2, 0.25) is 0 Å². The average Bonchev–Trinajstić information content (AvgIpc) is 2.37. The van der Waals surface area contributed by atoms with E-state index in [0.29, 0.717) is 13.2 Å². The minimum absolute atomic E-state index is 0.310. The van der Waals surface area contributed by atoms with Crippen LogP contribution in [0.15, 0.2) is 12.2 Å². The highest BCUT2D eigenvalue weighted by molar-refractivity contribution is 5.91. The molecule has 1 aliphatic rings. The third kappa shape index (κ3) is 6.03. The Morgan fingerprint density at radius 1 is 1.24 bits per heavy atom. The lowest BCUT2D eigenvalue weighted by molar-refractivity contribution is -0.139. The lowest BCUT2D eigenvalue weighted by Gasteiger charge is -2.25. The fourth-order valence-corrected chi connectivity index (χ4v) is 1.35. The van der Waals surface area contributed by atoms with Crippen LogP contribution < -0.4 is 0 Å². The Morgan fingerprint density at radius 3 is 2.53 bits per heavy atom. The molecule has 0 radical (unpaired) electrons. The molecule has 0 spiro atoms. The predicted molar refractivity (Wildman–Crippen MR) is 59.4 cm³/mol. The predicted octanol–water partition coefficient (Wildman–Crippen LogP) is -0.409. The van der Waals surface area contributed by atoms with Gasteiger partial charge in [0, 0.05) is 31.8 Å². The third-order valence-corrected chi connectivity index (χ3v) is 2.31. The van der Waals surface area contributed by atoms with E-state index in [2.05, 4.69) is 9.64 Å². The first kappa shape index (κ1) is 13.7. The maximum atomic E-state index is 11.1. The van der Waals surface area contributed by atoms with Gasteiger partial charge in [0.2, 0.25) is 0 Å². The van der Waals surface area contributed by atoms with Crippen molar-refractivity contribution in [1.29, 1.82) is 0 Å². The number of methoxy groups -OCH3 is 1.